The van der Waals surface area contributed by atoms with Crippen LogP contribution >= 0.6 is 11.3 Å². The number of rotatable bonds is 5. The minimum absolute atomic E-state index is 0.0467. The Morgan fingerprint density at radius 3 is 1.43 bits per heavy atom. The van der Waals surface area contributed by atoms with Crippen molar-refractivity contribution in [1.29, 1.82) is 0 Å². The fourth-order valence-corrected chi connectivity index (χ4v) is 13.1. The molecule has 11 aromatic carbocycles. The SMILES string of the molecule is CC1(C)c2ccccc2-c2ccc(-c3cccc4c3sc3c(-c5ccc6c(c5)c5ccccc5n6-c5ccc(-c6c7ccccc7c(-c7ccccc7)c7ccccc67)cc5)cccc34)cc21. The molecule has 0 aliphatic heterocycles. The van der Waals surface area contributed by atoms with E-state index in [9.17, 15) is 0 Å². The van der Waals surface area contributed by atoms with Crippen LogP contribution in [-0.2, 0) is 5.41 Å². The fraction of sp³-hybridized carbons (Fsp3) is 0.0462. The van der Waals surface area contributed by atoms with E-state index in [0.29, 0.717) is 0 Å². The minimum atomic E-state index is -0.0467. The van der Waals surface area contributed by atoms with Crippen LogP contribution in [0.4, 0.5) is 0 Å². The number of para-hydroxylation sites is 1. The number of hydrogen-bond acceptors (Lipinski definition) is 1. The van der Waals surface area contributed by atoms with Gasteiger partial charge in [-0.2, -0.15) is 0 Å². The quantitative estimate of drug-likeness (QED) is 0.152. The van der Waals surface area contributed by atoms with E-state index < -0.39 is 0 Å². The number of hydrogen-bond donors (Lipinski definition) is 0. The van der Waals surface area contributed by atoms with Gasteiger partial charge < -0.3 is 4.57 Å². The summed E-state index contributed by atoms with van der Waals surface area (Å²) in [5, 5.41) is 10.2. The molecule has 0 amide bonds. The molecule has 0 fully saturated rings. The van der Waals surface area contributed by atoms with Crippen molar-refractivity contribution in [2.24, 2.45) is 0 Å². The van der Waals surface area contributed by atoms with Crippen LogP contribution in [0.3, 0.4) is 0 Å². The smallest absolute Gasteiger partial charge is 0.0541 e. The maximum Gasteiger partial charge on any atom is 0.0541 e. The summed E-state index contributed by atoms with van der Waals surface area (Å²) >= 11 is 1.93. The standard InChI is InChI=1S/C65H43NS/c1-65(2)57-28-12-10-18-47(57)48-36-32-43(39-58(48)65)46-25-15-27-55-54-26-14-24-45(63(54)67-64(46)55)42-33-37-60-56(38-42)49-19-11-13-29-59(49)66(60)44-34-30-41(31-35-44)62-52-22-8-6-20-50(52)61(40-16-4-3-5-17-40)51-21-7-9-23-53(51)62/h3-39H,1-2H3. The van der Waals surface area contributed by atoms with Crippen LogP contribution in [-0.4, -0.2) is 4.57 Å². The molecule has 1 aliphatic carbocycles. The normalized spacial score (nSPS) is 13.0. The average molecular weight is 870 g/mol. The third-order valence-corrected chi connectivity index (χ3v) is 16.1. The van der Waals surface area contributed by atoms with Gasteiger partial charge in [-0.25, -0.2) is 0 Å². The highest BCUT2D eigenvalue weighted by Gasteiger charge is 2.35. The number of aromatic nitrogens is 1. The first-order chi connectivity index (χ1) is 33.0. The zero-order valence-electron chi connectivity index (χ0n) is 37.2. The molecule has 0 atom stereocenters. The summed E-state index contributed by atoms with van der Waals surface area (Å²) in [6, 6.07) is 83.6. The lowest BCUT2D eigenvalue weighted by Gasteiger charge is -2.22. The van der Waals surface area contributed by atoms with Crippen LogP contribution in [0.25, 0.3) is 125 Å². The Bertz CT molecular complexity index is 4110. The molecule has 0 N–H and O–H groups in total. The summed E-state index contributed by atoms with van der Waals surface area (Å²) in [7, 11) is 0. The summed E-state index contributed by atoms with van der Waals surface area (Å²) in [5.74, 6) is 0. The summed E-state index contributed by atoms with van der Waals surface area (Å²) < 4.78 is 5.11. The zero-order chi connectivity index (χ0) is 44.4. The van der Waals surface area contributed by atoms with Crippen LogP contribution in [0.5, 0.6) is 0 Å². The fourth-order valence-electron chi connectivity index (χ4n) is 11.7. The van der Waals surface area contributed by atoms with E-state index in [0.717, 1.165) is 5.69 Å². The Kier molecular flexibility index (Phi) is 8.27. The highest BCUT2D eigenvalue weighted by molar-refractivity contribution is 7.26. The monoisotopic (exact) mass is 869 g/mol. The number of nitrogens with zero attached hydrogens (tertiary/aromatic N) is 1. The van der Waals surface area contributed by atoms with Crippen LogP contribution in [0.2, 0.25) is 0 Å². The minimum Gasteiger partial charge on any atom is -0.309 e. The van der Waals surface area contributed by atoms with Gasteiger partial charge in [-0.05, 0) is 125 Å². The van der Waals surface area contributed by atoms with Gasteiger partial charge in [-0.3, -0.25) is 0 Å². The van der Waals surface area contributed by atoms with Crippen molar-refractivity contribution in [2.75, 3.05) is 0 Å². The summed E-state index contributed by atoms with van der Waals surface area (Å²) in [6.45, 7) is 4.74. The lowest BCUT2D eigenvalue weighted by atomic mass is 9.81. The maximum absolute atomic E-state index is 2.46. The van der Waals surface area contributed by atoms with Crippen molar-refractivity contribution in [3.63, 3.8) is 0 Å². The lowest BCUT2D eigenvalue weighted by molar-refractivity contribution is 0.660. The Morgan fingerprint density at radius 1 is 0.313 bits per heavy atom. The highest BCUT2D eigenvalue weighted by atomic mass is 32.1. The molecule has 0 unspecified atom stereocenters. The molecule has 2 aromatic heterocycles. The van der Waals surface area contributed by atoms with Crippen molar-refractivity contribution in [3.8, 4) is 61.3 Å². The van der Waals surface area contributed by atoms with Crippen molar-refractivity contribution >= 4 is 74.9 Å². The number of thiophene rings is 1. The molecule has 0 bridgehead atoms. The summed E-state index contributed by atoms with van der Waals surface area (Å²) in [6.07, 6.45) is 0. The Balaban J connectivity index is 0.881. The van der Waals surface area contributed by atoms with Gasteiger partial charge in [0.15, 0.2) is 0 Å². The maximum atomic E-state index is 2.46. The van der Waals surface area contributed by atoms with Crippen molar-refractivity contribution < 1.29 is 0 Å². The van der Waals surface area contributed by atoms with Gasteiger partial charge in [0.25, 0.3) is 0 Å². The third kappa shape index (κ3) is 5.60. The predicted molar refractivity (Wildman–Crippen MR) is 288 cm³/mol. The van der Waals surface area contributed by atoms with E-state index >= 15 is 0 Å². The van der Waals surface area contributed by atoms with E-state index in [1.807, 2.05) is 11.3 Å². The Hall–Kier alpha value is -8.04. The number of fused-ring (bicyclic) bond motifs is 11. The molecule has 0 spiro atoms. The van der Waals surface area contributed by atoms with Crippen LogP contribution in [0, 0.1) is 0 Å². The van der Waals surface area contributed by atoms with E-state index in [1.54, 1.807) is 0 Å². The molecule has 2 heteroatoms. The van der Waals surface area contributed by atoms with Gasteiger partial charge in [0.2, 0.25) is 0 Å². The molecule has 1 aliphatic rings. The van der Waals surface area contributed by atoms with Crippen LogP contribution in [0.15, 0.2) is 224 Å². The first-order valence-corrected chi connectivity index (χ1v) is 24.2. The molecule has 314 valence electrons. The molecule has 13 aromatic rings. The molecular formula is C65H43NS. The summed E-state index contributed by atoms with van der Waals surface area (Å²) in [5.41, 5.74) is 19.1. The molecule has 67 heavy (non-hydrogen) atoms. The van der Waals surface area contributed by atoms with E-state index in [-0.39, 0.29) is 5.41 Å². The van der Waals surface area contributed by atoms with Gasteiger partial charge in [0.05, 0.1) is 11.0 Å². The number of benzene rings is 11. The highest BCUT2D eigenvalue weighted by Crippen LogP contribution is 2.51. The summed E-state index contributed by atoms with van der Waals surface area (Å²) in [4.78, 5) is 0. The Labute approximate surface area is 393 Å². The second-order valence-electron chi connectivity index (χ2n) is 18.7. The largest absolute Gasteiger partial charge is 0.309 e. The Morgan fingerprint density at radius 2 is 0.776 bits per heavy atom. The topological polar surface area (TPSA) is 4.93 Å². The molecule has 1 nitrogen and oxygen atoms in total. The molecule has 14 rings (SSSR count). The van der Waals surface area contributed by atoms with Crippen molar-refractivity contribution in [2.45, 2.75) is 19.3 Å². The van der Waals surface area contributed by atoms with E-state index in [1.165, 1.54) is 130 Å². The zero-order valence-corrected chi connectivity index (χ0v) is 38.0. The molecule has 0 saturated carbocycles. The second kappa shape index (κ2) is 14.5. The second-order valence-corrected chi connectivity index (χ2v) is 19.8. The van der Waals surface area contributed by atoms with Gasteiger partial charge >= 0.3 is 0 Å². The first-order valence-electron chi connectivity index (χ1n) is 23.3. The lowest BCUT2D eigenvalue weighted by Crippen LogP contribution is -2.14. The average Bonchev–Trinajstić information content (AvgIpc) is 4.01. The molecule has 2 heterocycles. The van der Waals surface area contributed by atoms with Gasteiger partial charge in [-0.15, -0.1) is 11.3 Å². The van der Waals surface area contributed by atoms with Gasteiger partial charge in [0, 0.05) is 42.0 Å². The van der Waals surface area contributed by atoms with E-state index in [4.69, 9.17) is 0 Å². The van der Waals surface area contributed by atoms with Crippen LogP contribution in [0.1, 0.15) is 25.0 Å². The molecule has 0 radical (unpaired) electrons. The predicted octanol–water partition coefficient (Wildman–Crippen LogP) is 18.4. The molecule has 0 saturated heterocycles. The van der Waals surface area contributed by atoms with Crippen molar-refractivity contribution in [3.05, 3.63) is 236 Å². The van der Waals surface area contributed by atoms with E-state index in [2.05, 4.69) is 243 Å². The van der Waals surface area contributed by atoms with Crippen LogP contribution < -0.4 is 0 Å². The molecular weight excluding hydrogens is 827 g/mol. The van der Waals surface area contributed by atoms with Gasteiger partial charge in [-0.1, -0.05) is 202 Å². The third-order valence-electron chi connectivity index (χ3n) is 14.8. The van der Waals surface area contributed by atoms with Crippen molar-refractivity contribution in [1.82, 2.24) is 4.57 Å². The van der Waals surface area contributed by atoms with Gasteiger partial charge in [0.1, 0.15) is 0 Å². The first kappa shape index (κ1) is 38.3.